The zero-order chi connectivity index (χ0) is 24.0. The van der Waals surface area contributed by atoms with Crippen LogP contribution in [0.5, 0.6) is 0 Å². The number of carbonyl (C=O) groups excluding carboxylic acids is 2. The predicted octanol–water partition coefficient (Wildman–Crippen LogP) is 4.71. The number of methoxy groups -OCH3 is 1. The summed E-state index contributed by atoms with van der Waals surface area (Å²) >= 11 is 0. The molecule has 33 heavy (non-hydrogen) atoms. The summed E-state index contributed by atoms with van der Waals surface area (Å²) in [7, 11) is 3.27. The van der Waals surface area contributed by atoms with Gasteiger partial charge in [0.2, 0.25) is 0 Å². The molecule has 0 radical (unpaired) electrons. The van der Waals surface area contributed by atoms with Gasteiger partial charge >= 0.3 is 11.9 Å². The van der Waals surface area contributed by atoms with Gasteiger partial charge in [0, 0.05) is 23.8 Å². The lowest BCUT2D eigenvalue weighted by atomic mass is 9.83. The van der Waals surface area contributed by atoms with Crippen molar-refractivity contribution in [3.63, 3.8) is 0 Å². The molecule has 0 aliphatic carbocycles. The smallest absolute Gasteiger partial charge is 0.348 e. The van der Waals surface area contributed by atoms with Gasteiger partial charge in [0.15, 0.2) is 0 Å². The van der Waals surface area contributed by atoms with Crippen LogP contribution in [0.25, 0.3) is 0 Å². The first kappa shape index (κ1) is 23.8. The minimum Gasteiger partial charge on any atom is -0.465 e. The average molecular weight is 445 g/mol. The first-order valence-electron chi connectivity index (χ1n) is 10.8. The van der Waals surface area contributed by atoms with Gasteiger partial charge in [-0.25, -0.2) is 9.59 Å². The molecule has 0 atom stereocenters. The van der Waals surface area contributed by atoms with Crippen LogP contribution >= 0.6 is 0 Å². The summed E-state index contributed by atoms with van der Waals surface area (Å²) in [6.45, 7) is 4.31. The third kappa shape index (κ3) is 5.15. The summed E-state index contributed by atoms with van der Waals surface area (Å²) in [4.78, 5) is 26.3. The summed E-state index contributed by atoms with van der Waals surface area (Å²) in [5.74, 6) is -1.03. The molecule has 170 valence electrons. The van der Waals surface area contributed by atoms with E-state index in [1.807, 2.05) is 74.3 Å². The van der Waals surface area contributed by atoms with Crippen LogP contribution < -0.4 is 4.90 Å². The number of allylic oxidation sites excluding steroid dienone is 3. The molecule has 0 N–H and O–H groups in total. The first-order valence-corrected chi connectivity index (χ1v) is 10.8. The molecule has 0 saturated heterocycles. The number of ether oxygens (including phenoxy) is 2. The Hall–Kier alpha value is -3.85. The van der Waals surface area contributed by atoms with E-state index in [4.69, 9.17) is 9.47 Å². The number of aryl methyl sites for hydroxylation is 1. The zero-order valence-corrected chi connectivity index (χ0v) is 19.4. The highest BCUT2D eigenvalue weighted by atomic mass is 16.5. The molecule has 1 aliphatic heterocycles. The van der Waals surface area contributed by atoms with Crippen LogP contribution in [0.15, 0.2) is 72.0 Å². The number of likely N-dealkylation sites (N-methyl/N-ethyl adjacent to an activating group) is 1. The lowest BCUT2D eigenvalue weighted by Gasteiger charge is -2.23. The summed E-state index contributed by atoms with van der Waals surface area (Å²) in [6.07, 6.45) is 4.75. The molecule has 0 unspecified atom stereocenters. The van der Waals surface area contributed by atoms with E-state index in [2.05, 4.69) is 0 Å². The van der Waals surface area contributed by atoms with Gasteiger partial charge in [-0.15, -0.1) is 0 Å². The van der Waals surface area contributed by atoms with Crippen LogP contribution in [0.4, 0.5) is 5.69 Å². The maximum atomic E-state index is 12.4. The van der Waals surface area contributed by atoms with Crippen molar-refractivity contribution in [1.29, 1.82) is 5.26 Å². The standard InChI is InChI=1S/C27H28N2O4/c1-27(2)22-17-20(25(30)32-4)12-14-23(22)29(3)24(27)15-13-21(18-28)26(31)33-16-8-11-19-9-6-5-7-10-19/h5-7,9-10,12-15,17H,8,11,16H2,1-4H3/b21-13+,24-15-. The van der Waals surface area contributed by atoms with Crippen molar-refractivity contribution >= 4 is 17.6 Å². The average Bonchev–Trinajstić information content (AvgIpc) is 3.02. The van der Waals surface area contributed by atoms with Crippen LogP contribution in [0.3, 0.4) is 0 Å². The van der Waals surface area contributed by atoms with E-state index in [9.17, 15) is 14.9 Å². The van der Waals surface area contributed by atoms with Gasteiger partial charge in [-0.1, -0.05) is 44.2 Å². The Labute approximate surface area is 194 Å². The Morgan fingerprint density at radius 3 is 2.55 bits per heavy atom. The highest BCUT2D eigenvalue weighted by Crippen LogP contribution is 2.47. The third-order valence-electron chi connectivity index (χ3n) is 5.89. The molecular weight excluding hydrogens is 416 g/mol. The molecule has 6 heteroatoms. The molecule has 1 heterocycles. The summed E-state index contributed by atoms with van der Waals surface area (Å²) < 4.78 is 10.1. The van der Waals surface area contributed by atoms with Gasteiger partial charge in [0.05, 0.1) is 19.3 Å². The van der Waals surface area contributed by atoms with Crippen molar-refractivity contribution < 1.29 is 19.1 Å². The summed E-state index contributed by atoms with van der Waals surface area (Å²) in [5.41, 5.74) is 3.97. The molecule has 1 aliphatic rings. The number of esters is 2. The number of rotatable bonds is 7. The molecule has 0 saturated carbocycles. The van der Waals surface area contributed by atoms with Gasteiger partial charge < -0.3 is 14.4 Å². The van der Waals surface area contributed by atoms with Gasteiger partial charge in [0.25, 0.3) is 0 Å². The molecule has 0 amide bonds. The molecule has 2 aromatic rings. The number of nitrogens with zero attached hydrogens (tertiary/aromatic N) is 2. The number of carbonyl (C=O) groups is 2. The van der Waals surface area contributed by atoms with Crippen LogP contribution in [0.1, 0.15) is 41.8 Å². The quantitative estimate of drug-likeness (QED) is 0.266. The minimum absolute atomic E-state index is 0.0578. The number of fused-ring (bicyclic) bond motifs is 1. The van der Waals surface area contributed by atoms with Gasteiger partial charge in [-0.05, 0) is 54.3 Å². The number of nitriles is 1. The Kier molecular flexibility index (Phi) is 7.34. The fraction of sp³-hybridized carbons (Fsp3) is 0.296. The number of hydrogen-bond donors (Lipinski definition) is 0. The fourth-order valence-electron chi connectivity index (χ4n) is 4.06. The second kappa shape index (κ2) is 10.2. The van der Waals surface area contributed by atoms with E-state index in [-0.39, 0.29) is 12.2 Å². The van der Waals surface area contributed by atoms with E-state index in [0.717, 1.165) is 23.4 Å². The van der Waals surface area contributed by atoms with E-state index in [0.29, 0.717) is 12.0 Å². The number of hydrogen-bond acceptors (Lipinski definition) is 6. The predicted molar refractivity (Wildman–Crippen MR) is 127 cm³/mol. The van der Waals surface area contributed by atoms with Crippen LogP contribution in [-0.4, -0.2) is 32.7 Å². The van der Waals surface area contributed by atoms with E-state index >= 15 is 0 Å². The monoisotopic (exact) mass is 444 g/mol. The van der Waals surface area contributed by atoms with Crippen molar-refractivity contribution in [3.8, 4) is 6.07 Å². The second-order valence-corrected chi connectivity index (χ2v) is 8.38. The summed E-state index contributed by atoms with van der Waals surface area (Å²) in [6, 6.07) is 17.3. The van der Waals surface area contributed by atoms with Crippen LogP contribution in [-0.2, 0) is 26.1 Å². The molecule has 2 aromatic carbocycles. The van der Waals surface area contributed by atoms with Gasteiger partial charge in [-0.2, -0.15) is 5.26 Å². The van der Waals surface area contributed by atoms with E-state index in [1.54, 1.807) is 12.1 Å². The maximum Gasteiger partial charge on any atom is 0.348 e. The Morgan fingerprint density at radius 2 is 1.88 bits per heavy atom. The lowest BCUT2D eigenvalue weighted by molar-refractivity contribution is -0.138. The molecule has 3 rings (SSSR count). The van der Waals surface area contributed by atoms with Crippen molar-refractivity contribution in [2.45, 2.75) is 32.1 Å². The first-order chi connectivity index (χ1) is 15.8. The van der Waals surface area contributed by atoms with Gasteiger partial charge in [-0.3, -0.25) is 0 Å². The maximum absolute atomic E-state index is 12.4. The zero-order valence-electron chi connectivity index (χ0n) is 19.4. The lowest BCUT2D eigenvalue weighted by Crippen LogP contribution is -2.22. The normalized spacial score (nSPS) is 15.7. The van der Waals surface area contributed by atoms with E-state index in [1.165, 1.54) is 18.7 Å². The highest BCUT2D eigenvalue weighted by Gasteiger charge is 2.38. The van der Waals surface area contributed by atoms with Crippen molar-refractivity contribution in [3.05, 3.63) is 88.6 Å². The highest BCUT2D eigenvalue weighted by molar-refractivity contribution is 5.93. The van der Waals surface area contributed by atoms with Gasteiger partial charge in [0.1, 0.15) is 11.6 Å². The Bertz CT molecular complexity index is 1140. The fourth-order valence-corrected chi connectivity index (χ4v) is 4.06. The topological polar surface area (TPSA) is 79.6 Å². The number of anilines is 1. The van der Waals surface area contributed by atoms with Crippen LogP contribution in [0, 0.1) is 11.3 Å². The molecule has 0 aromatic heterocycles. The molecule has 6 nitrogen and oxygen atoms in total. The van der Waals surface area contributed by atoms with Crippen molar-refractivity contribution in [2.24, 2.45) is 0 Å². The molecule has 0 fully saturated rings. The largest absolute Gasteiger partial charge is 0.465 e. The third-order valence-corrected chi connectivity index (χ3v) is 5.89. The number of benzene rings is 2. The molecular formula is C27H28N2O4. The Morgan fingerprint density at radius 1 is 1.15 bits per heavy atom. The second-order valence-electron chi connectivity index (χ2n) is 8.38. The SMILES string of the molecule is COC(=O)c1ccc2c(c1)C(C)(C)/C(=C/C=C(\C#N)C(=O)OCCCc1ccccc1)N2C. The van der Waals surface area contributed by atoms with Crippen LogP contribution in [0.2, 0.25) is 0 Å². The van der Waals surface area contributed by atoms with Crippen molar-refractivity contribution in [2.75, 3.05) is 25.7 Å². The van der Waals surface area contributed by atoms with E-state index < -0.39 is 17.4 Å². The molecule has 0 bridgehead atoms. The summed E-state index contributed by atoms with van der Waals surface area (Å²) in [5, 5.41) is 9.49. The molecule has 0 spiro atoms. The van der Waals surface area contributed by atoms with Crippen molar-refractivity contribution in [1.82, 2.24) is 0 Å². The Balaban J connectivity index is 1.72. The minimum atomic E-state index is -0.633.